The van der Waals surface area contributed by atoms with Crippen LogP contribution in [0.1, 0.15) is 32.8 Å². The predicted octanol–water partition coefficient (Wildman–Crippen LogP) is 2.83. The van der Waals surface area contributed by atoms with Gasteiger partial charge in [-0.25, -0.2) is 0 Å². The molecule has 1 aromatic rings. The molecule has 0 heterocycles. The summed E-state index contributed by atoms with van der Waals surface area (Å²) >= 11 is 0. The lowest BCUT2D eigenvalue weighted by Crippen LogP contribution is -2.31. The van der Waals surface area contributed by atoms with Crippen molar-refractivity contribution in [3.63, 3.8) is 0 Å². The van der Waals surface area contributed by atoms with Gasteiger partial charge in [0.05, 0.1) is 7.11 Å². The first-order chi connectivity index (χ1) is 8.02. The Bertz CT molecular complexity index is 361. The minimum atomic E-state index is -0.103. The first kappa shape index (κ1) is 13.8. The first-order valence-corrected chi connectivity index (χ1v) is 6.08. The molecule has 0 aliphatic rings. The molecule has 1 aromatic carbocycles. The Labute approximate surface area is 104 Å². The normalized spacial score (nSPS) is 11.4. The molecule has 96 valence electrons. The van der Waals surface area contributed by atoms with Crippen LogP contribution in [0.5, 0.6) is 5.75 Å². The molecule has 1 rings (SSSR count). The van der Waals surface area contributed by atoms with Crippen LogP contribution >= 0.6 is 0 Å². The van der Waals surface area contributed by atoms with E-state index in [1.54, 1.807) is 7.11 Å². The van der Waals surface area contributed by atoms with Gasteiger partial charge in [-0.1, -0.05) is 6.92 Å². The van der Waals surface area contributed by atoms with Crippen LogP contribution in [0.4, 0.5) is 5.69 Å². The fourth-order valence-electron chi connectivity index (χ4n) is 1.87. The fraction of sp³-hybridized carbons (Fsp3) is 0.571. The average molecular weight is 237 g/mol. The van der Waals surface area contributed by atoms with Gasteiger partial charge in [-0.3, -0.25) is 0 Å². The highest BCUT2D eigenvalue weighted by Gasteiger charge is 2.16. The maximum absolute atomic E-state index is 9.00. The quantitative estimate of drug-likeness (QED) is 0.799. The highest BCUT2D eigenvalue weighted by Crippen LogP contribution is 2.25. The first-order valence-electron chi connectivity index (χ1n) is 6.08. The van der Waals surface area contributed by atoms with Gasteiger partial charge < -0.3 is 15.2 Å². The summed E-state index contributed by atoms with van der Waals surface area (Å²) in [4.78, 5) is 0. The molecular weight excluding hydrogens is 214 g/mol. The number of ether oxygens (including phenoxy) is 1. The van der Waals surface area contributed by atoms with Crippen LogP contribution in [-0.4, -0.2) is 24.4 Å². The number of rotatable bonds is 6. The van der Waals surface area contributed by atoms with Crippen molar-refractivity contribution in [2.24, 2.45) is 0 Å². The highest BCUT2D eigenvalue weighted by atomic mass is 16.5. The molecule has 0 saturated carbocycles. The second-order valence-electron chi connectivity index (χ2n) is 4.86. The minimum absolute atomic E-state index is 0.103. The lowest BCUT2D eigenvalue weighted by Gasteiger charge is -2.27. The van der Waals surface area contributed by atoms with Gasteiger partial charge in [0.2, 0.25) is 0 Å². The fourth-order valence-corrected chi connectivity index (χ4v) is 1.87. The largest absolute Gasteiger partial charge is 0.496 e. The molecule has 0 aromatic heterocycles. The van der Waals surface area contributed by atoms with Crippen molar-refractivity contribution >= 4 is 5.69 Å². The Morgan fingerprint density at radius 3 is 2.59 bits per heavy atom. The second-order valence-corrected chi connectivity index (χ2v) is 4.86. The summed E-state index contributed by atoms with van der Waals surface area (Å²) in [6, 6.07) is 6.10. The number of aryl methyl sites for hydroxylation is 1. The summed E-state index contributed by atoms with van der Waals surface area (Å²) in [5.74, 6) is 0.929. The maximum Gasteiger partial charge on any atom is 0.122 e. The van der Waals surface area contributed by atoms with Crippen molar-refractivity contribution in [1.82, 2.24) is 0 Å². The van der Waals surface area contributed by atoms with Crippen molar-refractivity contribution in [3.8, 4) is 5.75 Å². The molecule has 3 heteroatoms. The molecule has 0 spiro atoms. The summed E-state index contributed by atoms with van der Waals surface area (Å²) in [5.41, 5.74) is 2.16. The van der Waals surface area contributed by atoms with E-state index in [9.17, 15) is 0 Å². The van der Waals surface area contributed by atoms with E-state index >= 15 is 0 Å². The van der Waals surface area contributed by atoms with Crippen LogP contribution in [0.3, 0.4) is 0 Å². The number of anilines is 1. The maximum atomic E-state index is 9.00. The molecule has 0 radical (unpaired) electrons. The molecule has 0 atom stereocenters. The van der Waals surface area contributed by atoms with Crippen LogP contribution < -0.4 is 10.1 Å². The Morgan fingerprint density at radius 1 is 1.35 bits per heavy atom. The molecule has 3 nitrogen and oxygen atoms in total. The summed E-state index contributed by atoms with van der Waals surface area (Å²) in [5, 5.41) is 12.4. The molecule has 0 aliphatic carbocycles. The lowest BCUT2D eigenvalue weighted by molar-refractivity contribution is 0.261. The zero-order chi connectivity index (χ0) is 12.9. The molecule has 0 saturated heterocycles. The van der Waals surface area contributed by atoms with Gasteiger partial charge in [-0.05, 0) is 50.5 Å². The number of aliphatic hydroxyl groups is 1. The van der Waals surface area contributed by atoms with E-state index in [2.05, 4.69) is 32.2 Å². The third kappa shape index (κ3) is 3.93. The molecule has 17 heavy (non-hydrogen) atoms. The summed E-state index contributed by atoms with van der Waals surface area (Å²) in [7, 11) is 1.69. The van der Waals surface area contributed by atoms with Gasteiger partial charge in [0.1, 0.15) is 5.75 Å². The van der Waals surface area contributed by atoms with Gasteiger partial charge in [-0.2, -0.15) is 0 Å². The molecule has 0 aliphatic heterocycles. The summed E-state index contributed by atoms with van der Waals surface area (Å²) in [6.07, 6.45) is 1.67. The summed E-state index contributed by atoms with van der Waals surface area (Å²) in [6.45, 7) is 6.47. The van der Waals surface area contributed by atoms with E-state index in [-0.39, 0.29) is 12.1 Å². The lowest BCUT2D eigenvalue weighted by atomic mass is 10.00. The SMILES string of the molecule is CCc1cc(NC(C)(C)CCO)ccc1OC. The van der Waals surface area contributed by atoms with Gasteiger partial charge in [0.15, 0.2) is 0 Å². The van der Waals surface area contributed by atoms with Crippen molar-refractivity contribution in [1.29, 1.82) is 0 Å². The average Bonchev–Trinajstić information content (AvgIpc) is 2.28. The van der Waals surface area contributed by atoms with E-state index < -0.39 is 0 Å². The van der Waals surface area contributed by atoms with Crippen molar-refractivity contribution < 1.29 is 9.84 Å². The molecular formula is C14H23NO2. The highest BCUT2D eigenvalue weighted by molar-refractivity contribution is 5.52. The Morgan fingerprint density at radius 2 is 2.06 bits per heavy atom. The van der Waals surface area contributed by atoms with Crippen LogP contribution in [0.2, 0.25) is 0 Å². The van der Waals surface area contributed by atoms with E-state index in [0.29, 0.717) is 0 Å². The van der Waals surface area contributed by atoms with E-state index in [1.165, 1.54) is 5.56 Å². The number of methoxy groups -OCH3 is 1. The molecule has 0 fully saturated rings. The number of nitrogens with one attached hydrogen (secondary N) is 1. The van der Waals surface area contributed by atoms with Crippen LogP contribution in [0.15, 0.2) is 18.2 Å². The van der Waals surface area contributed by atoms with E-state index in [0.717, 1.165) is 24.3 Å². The van der Waals surface area contributed by atoms with Gasteiger partial charge in [-0.15, -0.1) is 0 Å². The molecule has 0 unspecified atom stereocenters. The van der Waals surface area contributed by atoms with Crippen molar-refractivity contribution in [3.05, 3.63) is 23.8 Å². The topological polar surface area (TPSA) is 41.5 Å². The Balaban J connectivity index is 2.85. The third-order valence-corrected chi connectivity index (χ3v) is 2.88. The zero-order valence-electron chi connectivity index (χ0n) is 11.2. The number of hydrogen-bond acceptors (Lipinski definition) is 3. The minimum Gasteiger partial charge on any atom is -0.496 e. The number of hydrogen-bond donors (Lipinski definition) is 2. The monoisotopic (exact) mass is 237 g/mol. The van der Waals surface area contributed by atoms with E-state index in [4.69, 9.17) is 9.84 Å². The molecule has 0 amide bonds. The Kier molecular flexibility index (Phi) is 4.82. The van der Waals surface area contributed by atoms with E-state index in [1.807, 2.05) is 12.1 Å². The van der Waals surface area contributed by atoms with Gasteiger partial charge in [0.25, 0.3) is 0 Å². The van der Waals surface area contributed by atoms with Crippen LogP contribution in [0, 0.1) is 0 Å². The standard InChI is InChI=1S/C14H23NO2/c1-5-11-10-12(6-7-13(11)17-4)15-14(2,3)8-9-16/h6-7,10,15-16H,5,8-9H2,1-4H3. The smallest absolute Gasteiger partial charge is 0.122 e. The molecule has 2 N–H and O–H groups in total. The summed E-state index contributed by atoms with van der Waals surface area (Å²) < 4.78 is 5.30. The van der Waals surface area contributed by atoms with Crippen LogP contribution in [0.25, 0.3) is 0 Å². The van der Waals surface area contributed by atoms with Crippen molar-refractivity contribution in [2.45, 2.75) is 39.2 Å². The predicted molar refractivity (Wildman–Crippen MR) is 71.8 cm³/mol. The zero-order valence-corrected chi connectivity index (χ0v) is 11.2. The van der Waals surface area contributed by atoms with Crippen LogP contribution in [-0.2, 0) is 6.42 Å². The molecule has 0 bridgehead atoms. The number of aliphatic hydroxyl groups excluding tert-OH is 1. The second kappa shape index (κ2) is 5.92. The van der Waals surface area contributed by atoms with Crippen molar-refractivity contribution in [2.75, 3.05) is 19.0 Å². The van der Waals surface area contributed by atoms with Gasteiger partial charge >= 0.3 is 0 Å². The Hall–Kier alpha value is -1.22. The number of benzene rings is 1. The van der Waals surface area contributed by atoms with Gasteiger partial charge in [0, 0.05) is 17.8 Å². The third-order valence-electron chi connectivity index (χ3n) is 2.88.